The molecule has 3 rings (SSSR count). The maximum absolute atomic E-state index is 12.5. The summed E-state index contributed by atoms with van der Waals surface area (Å²) in [6.07, 6.45) is 8.71. The molecule has 0 heterocycles. The predicted molar refractivity (Wildman–Crippen MR) is 127 cm³/mol. The molecule has 31 heavy (non-hydrogen) atoms. The van der Waals surface area contributed by atoms with Gasteiger partial charge in [0.1, 0.15) is 5.75 Å². The van der Waals surface area contributed by atoms with Crippen LogP contribution >= 0.6 is 0 Å². The molecule has 0 saturated heterocycles. The zero-order chi connectivity index (χ0) is 21.9. The summed E-state index contributed by atoms with van der Waals surface area (Å²) in [7, 11) is 0. The SMILES string of the molecule is CCCC#Cc1ccc(C#Cc2ccc(OC(=O)C3CCC(CCC)CC3)cc2)cc1. The molecule has 1 aliphatic rings. The van der Waals surface area contributed by atoms with Gasteiger partial charge in [0.2, 0.25) is 0 Å². The van der Waals surface area contributed by atoms with Crippen LogP contribution in [0, 0.1) is 35.5 Å². The van der Waals surface area contributed by atoms with E-state index in [1.807, 2.05) is 48.5 Å². The van der Waals surface area contributed by atoms with Crippen LogP contribution in [0.4, 0.5) is 0 Å². The quantitative estimate of drug-likeness (QED) is 0.308. The zero-order valence-electron chi connectivity index (χ0n) is 18.7. The number of esters is 1. The van der Waals surface area contributed by atoms with Gasteiger partial charge in [-0.3, -0.25) is 4.79 Å². The van der Waals surface area contributed by atoms with Crippen molar-refractivity contribution >= 4 is 5.97 Å². The highest BCUT2D eigenvalue weighted by Crippen LogP contribution is 2.32. The zero-order valence-corrected chi connectivity index (χ0v) is 18.7. The van der Waals surface area contributed by atoms with Crippen LogP contribution in [-0.2, 0) is 4.79 Å². The number of carbonyl (C=O) groups excluding carboxylic acids is 1. The summed E-state index contributed by atoms with van der Waals surface area (Å²) in [5.74, 6) is 14.0. The Morgan fingerprint density at radius 1 is 0.806 bits per heavy atom. The summed E-state index contributed by atoms with van der Waals surface area (Å²) in [5.41, 5.74) is 2.87. The van der Waals surface area contributed by atoms with Gasteiger partial charge in [0.25, 0.3) is 0 Å². The molecule has 2 heteroatoms. The van der Waals surface area contributed by atoms with Crippen LogP contribution < -0.4 is 4.74 Å². The van der Waals surface area contributed by atoms with E-state index in [-0.39, 0.29) is 11.9 Å². The molecule has 0 aliphatic heterocycles. The third kappa shape index (κ3) is 7.34. The van der Waals surface area contributed by atoms with Crippen molar-refractivity contribution < 1.29 is 9.53 Å². The highest BCUT2D eigenvalue weighted by atomic mass is 16.5. The standard InChI is InChI=1S/C29H32O2/c1-3-5-6-8-24-9-11-25(12-10-24)13-14-26-17-21-28(22-18-26)31-29(30)27-19-15-23(7-4-2)16-20-27/h9-12,17-18,21-23,27H,3-5,7,15-16,19-20H2,1-2H3. The lowest BCUT2D eigenvalue weighted by molar-refractivity contribution is -0.140. The average molecular weight is 413 g/mol. The van der Waals surface area contributed by atoms with E-state index < -0.39 is 0 Å². The third-order valence-electron chi connectivity index (χ3n) is 5.79. The number of carbonyl (C=O) groups is 1. The van der Waals surface area contributed by atoms with Crippen molar-refractivity contribution in [3.63, 3.8) is 0 Å². The summed E-state index contributed by atoms with van der Waals surface area (Å²) < 4.78 is 5.62. The van der Waals surface area contributed by atoms with Crippen molar-refractivity contribution in [2.24, 2.45) is 11.8 Å². The Morgan fingerprint density at radius 3 is 1.90 bits per heavy atom. The highest BCUT2D eigenvalue weighted by molar-refractivity contribution is 5.75. The highest BCUT2D eigenvalue weighted by Gasteiger charge is 2.27. The Balaban J connectivity index is 1.52. The van der Waals surface area contributed by atoms with Gasteiger partial charge in [-0.1, -0.05) is 50.4 Å². The Bertz CT molecular complexity index is 954. The van der Waals surface area contributed by atoms with Gasteiger partial charge in [-0.2, -0.15) is 0 Å². The van der Waals surface area contributed by atoms with Crippen molar-refractivity contribution in [2.75, 3.05) is 0 Å². The molecule has 0 spiro atoms. The molecule has 2 aromatic carbocycles. The second kappa shape index (κ2) is 12.0. The first-order valence-electron chi connectivity index (χ1n) is 11.6. The molecule has 2 aromatic rings. The van der Waals surface area contributed by atoms with E-state index in [1.54, 1.807) is 0 Å². The molecule has 0 aromatic heterocycles. The number of hydrogen-bond acceptors (Lipinski definition) is 2. The summed E-state index contributed by atoms with van der Waals surface area (Å²) in [6.45, 7) is 4.36. The molecule has 0 atom stereocenters. The lowest BCUT2D eigenvalue weighted by Crippen LogP contribution is -2.25. The molecule has 2 nitrogen and oxygen atoms in total. The van der Waals surface area contributed by atoms with Gasteiger partial charge in [-0.05, 0) is 86.6 Å². The van der Waals surface area contributed by atoms with Crippen molar-refractivity contribution in [3.05, 3.63) is 65.2 Å². The number of rotatable bonds is 5. The monoisotopic (exact) mass is 412 g/mol. The van der Waals surface area contributed by atoms with E-state index in [9.17, 15) is 4.79 Å². The van der Waals surface area contributed by atoms with Gasteiger partial charge in [0, 0.05) is 23.1 Å². The number of hydrogen-bond donors (Lipinski definition) is 0. The first-order chi connectivity index (χ1) is 15.2. The smallest absolute Gasteiger partial charge is 0.314 e. The Morgan fingerprint density at radius 2 is 1.35 bits per heavy atom. The van der Waals surface area contributed by atoms with Gasteiger partial charge in [-0.25, -0.2) is 0 Å². The minimum absolute atomic E-state index is 0.0437. The molecule has 160 valence electrons. The molecule has 0 unspecified atom stereocenters. The first-order valence-corrected chi connectivity index (χ1v) is 11.6. The number of ether oxygens (including phenoxy) is 1. The van der Waals surface area contributed by atoms with Gasteiger partial charge in [0.15, 0.2) is 0 Å². The van der Waals surface area contributed by atoms with Crippen LogP contribution in [0.1, 0.15) is 81.9 Å². The Hall–Kier alpha value is -2.97. The fraction of sp³-hybridized carbons (Fsp3) is 0.414. The Labute approximate surface area is 187 Å². The Kier molecular flexibility index (Phi) is 8.81. The van der Waals surface area contributed by atoms with Gasteiger partial charge in [-0.15, -0.1) is 0 Å². The van der Waals surface area contributed by atoms with Crippen LogP contribution in [0.2, 0.25) is 0 Å². The molecular weight excluding hydrogens is 380 g/mol. The normalized spacial score (nSPS) is 17.6. The summed E-state index contributed by atoms with van der Waals surface area (Å²) in [4.78, 5) is 12.5. The van der Waals surface area contributed by atoms with E-state index in [1.165, 1.54) is 12.8 Å². The topological polar surface area (TPSA) is 26.3 Å². The van der Waals surface area contributed by atoms with E-state index >= 15 is 0 Å². The van der Waals surface area contributed by atoms with Gasteiger partial charge >= 0.3 is 5.97 Å². The van der Waals surface area contributed by atoms with Crippen LogP contribution in [0.15, 0.2) is 48.5 Å². The molecule has 0 bridgehead atoms. The van der Waals surface area contributed by atoms with E-state index in [0.717, 1.165) is 61.1 Å². The molecule has 0 amide bonds. The van der Waals surface area contributed by atoms with E-state index in [0.29, 0.717) is 5.75 Å². The third-order valence-corrected chi connectivity index (χ3v) is 5.79. The first kappa shape index (κ1) is 22.7. The molecule has 1 fully saturated rings. The van der Waals surface area contributed by atoms with Gasteiger partial charge in [0.05, 0.1) is 5.92 Å². The van der Waals surface area contributed by atoms with Crippen LogP contribution in [0.3, 0.4) is 0 Å². The summed E-state index contributed by atoms with van der Waals surface area (Å²) >= 11 is 0. The number of unbranched alkanes of at least 4 members (excludes halogenated alkanes) is 1. The second-order valence-corrected chi connectivity index (χ2v) is 8.33. The fourth-order valence-corrected chi connectivity index (χ4v) is 3.97. The predicted octanol–water partition coefficient (Wildman–Crippen LogP) is 6.75. The second-order valence-electron chi connectivity index (χ2n) is 8.33. The average Bonchev–Trinajstić information content (AvgIpc) is 2.80. The molecule has 1 saturated carbocycles. The van der Waals surface area contributed by atoms with Crippen molar-refractivity contribution in [2.45, 2.75) is 65.2 Å². The molecule has 0 radical (unpaired) electrons. The maximum atomic E-state index is 12.5. The molecular formula is C29H32O2. The molecule has 1 aliphatic carbocycles. The summed E-state index contributed by atoms with van der Waals surface area (Å²) in [5, 5.41) is 0. The van der Waals surface area contributed by atoms with Crippen molar-refractivity contribution in [1.82, 2.24) is 0 Å². The lowest BCUT2D eigenvalue weighted by Gasteiger charge is -2.26. The lowest BCUT2D eigenvalue weighted by atomic mass is 9.80. The van der Waals surface area contributed by atoms with Crippen molar-refractivity contribution in [1.29, 1.82) is 0 Å². The van der Waals surface area contributed by atoms with E-state index in [4.69, 9.17) is 4.74 Å². The molecule has 0 N–H and O–H groups in total. The summed E-state index contributed by atoms with van der Waals surface area (Å²) in [6, 6.07) is 15.5. The van der Waals surface area contributed by atoms with Gasteiger partial charge < -0.3 is 4.74 Å². The fourth-order valence-electron chi connectivity index (χ4n) is 3.97. The van der Waals surface area contributed by atoms with E-state index in [2.05, 4.69) is 37.5 Å². The minimum Gasteiger partial charge on any atom is -0.426 e. The van der Waals surface area contributed by atoms with Crippen LogP contribution in [-0.4, -0.2) is 5.97 Å². The van der Waals surface area contributed by atoms with Crippen LogP contribution in [0.5, 0.6) is 5.75 Å². The maximum Gasteiger partial charge on any atom is 0.314 e. The largest absolute Gasteiger partial charge is 0.426 e. The minimum atomic E-state index is -0.0871. The number of benzene rings is 2. The van der Waals surface area contributed by atoms with Crippen LogP contribution in [0.25, 0.3) is 0 Å². The van der Waals surface area contributed by atoms with Crippen molar-refractivity contribution in [3.8, 4) is 29.4 Å².